The van der Waals surface area contributed by atoms with Gasteiger partial charge in [-0.1, -0.05) is 36.4 Å². The minimum atomic E-state index is -0.0689. The molecular weight excluding hydrogens is 402 g/mol. The highest BCUT2D eigenvalue weighted by molar-refractivity contribution is 5.78. The quantitative estimate of drug-likeness (QED) is 0.789. The third-order valence-corrected chi connectivity index (χ3v) is 6.13. The zero-order valence-electron chi connectivity index (χ0n) is 18.3. The first-order valence-electron chi connectivity index (χ1n) is 11.3. The van der Waals surface area contributed by atoms with Crippen LogP contribution in [-0.4, -0.2) is 54.5 Å². The van der Waals surface area contributed by atoms with E-state index in [4.69, 9.17) is 0 Å². The average Bonchev–Trinajstić information content (AvgIpc) is 3.07. The molecule has 2 aromatic rings. The normalized spacial score (nSPS) is 16.6. The molecule has 3 amide bonds. The first-order valence-corrected chi connectivity index (χ1v) is 11.3. The van der Waals surface area contributed by atoms with Gasteiger partial charge in [0, 0.05) is 52.2 Å². The van der Waals surface area contributed by atoms with E-state index < -0.39 is 0 Å². The monoisotopic (exact) mass is 431 g/mol. The molecule has 1 N–H and O–H groups in total. The van der Waals surface area contributed by atoms with Crippen LogP contribution in [0.4, 0.5) is 10.5 Å². The summed E-state index contributed by atoms with van der Waals surface area (Å²) in [5, 5.41) is 12.4. The largest absolute Gasteiger partial charge is 0.369 e. The molecule has 0 spiro atoms. The standard InChI is InChI=1S/C25H29N5O2/c26-17-22-8-1-2-9-23(22)28-12-5-13-29(15-14-28)25(32)27-18-20-6-3-7-21(16-20)19-30-11-4-10-24(30)31/h1-3,6-9,16H,4-5,10-15,18-19H2,(H,27,32). The second-order valence-electron chi connectivity index (χ2n) is 8.35. The van der Waals surface area contributed by atoms with Crippen molar-refractivity contribution in [2.75, 3.05) is 37.6 Å². The molecule has 0 bridgehead atoms. The van der Waals surface area contributed by atoms with Crippen LogP contribution in [0.2, 0.25) is 0 Å². The summed E-state index contributed by atoms with van der Waals surface area (Å²) in [7, 11) is 0. The number of urea groups is 1. The maximum absolute atomic E-state index is 12.8. The van der Waals surface area contributed by atoms with E-state index in [0.29, 0.717) is 44.7 Å². The van der Waals surface area contributed by atoms with Crippen molar-refractivity contribution in [2.24, 2.45) is 0 Å². The third kappa shape index (κ3) is 5.20. The molecule has 2 saturated heterocycles. The number of nitrogens with one attached hydrogen (secondary N) is 1. The Morgan fingerprint density at radius 3 is 2.62 bits per heavy atom. The van der Waals surface area contributed by atoms with Crippen molar-refractivity contribution in [3.8, 4) is 6.07 Å². The molecule has 0 aromatic heterocycles. The van der Waals surface area contributed by atoms with Crippen molar-refractivity contribution < 1.29 is 9.59 Å². The van der Waals surface area contributed by atoms with Gasteiger partial charge in [0.2, 0.25) is 5.91 Å². The predicted octanol–water partition coefficient (Wildman–Crippen LogP) is 3.10. The van der Waals surface area contributed by atoms with E-state index in [2.05, 4.69) is 22.4 Å². The van der Waals surface area contributed by atoms with Crippen molar-refractivity contribution >= 4 is 17.6 Å². The molecule has 0 saturated carbocycles. The van der Waals surface area contributed by atoms with Crippen molar-refractivity contribution in [2.45, 2.75) is 32.4 Å². The number of likely N-dealkylation sites (tertiary alicyclic amines) is 1. The van der Waals surface area contributed by atoms with Crippen molar-refractivity contribution in [3.63, 3.8) is 0 Å². The Kier molecular flexibility index (Phi) is 6.90. The SMILES string of the molecule is N#Cc1ccccc1N1CCCN(C(=O)NCc2cccc(CN3CCCC3=O)c2)CC1. The summed E-state index contributed by atoms with van der Waals surface area (Å²) in [5.41, 5.74) is 3.72. The van der Waals surface area contributed by atoms with Gasteiger partial charge >= 0.3 is 6.03 Å². The number of nitrogens with zero attached hydrogens (tertiary/aromatic N) is 4. The van der Waals surface area contributed by atoms with Gasteiger partial charge in [-0.15, -0.1) is 0 Å². The highest BCUT2D eigenvalue weighted by Gasteiger charge is 2.21. The van der Waals surface area contributed by atoms with Gasteiger partial charge in [-0.3, -0.25) is 4.79 Å². The summed E-state index contributed by atoms with van der Waals surface area (Å²) in [6.07, 6.45) is 2.43. The molecular formula is C25H29N5O2. The number of benzene rings is 2. The minimum absolute atomic E-state index is 0.0689. The van der Waals surface area contributed by atoms with E-state index in [1.807, 2.05) is 52.3 Å². The highest BCUT2D eigenvalue weighted by atomic mass is 16.2. The molecule has 0 unspecified atom stereocenters. The zero-order chi connectivity index (χ0) is 22.3. The van der Waals surface area contributed by atoms with Crippen LogP contribution < -0.4 is 10.2 Å². The molecule has 2 fully saturated rings. The maximum Gasteiger partial charge on any atom is 0.317 e. The molecule has 7 heteroatoms. The van der Waals surface area contributed by atoms with Gasteiger partial charge in [-0.25, -0.2) is 4.79 Å². The van der Waals surface area contributed by atoms with Crippen molar-refractivity contribution in [3.05, 3.63) is 65.2 Å². The van der Waals surface area contributed by atoms with Crippen LogP contribution in [0.5, 0.6) is 0 Å². The second-order valence-corrected chi connectivity index (χ2v) is 8.35. The summed E-state index contributed by atoms with van der Waals surface area (Å²) in [6, 6.07) is 17.9. The van der Waals surface area contributed by atoms with Gasteiger partial charge in [0.25, 0.3) is 0 Å². The summed E-state index contributed by atoms with van der Waals surface area (Å²) in [5.74, 6) is 0.219. The summed E-state index contributed by atoms with van der Waals surface area (Å²) in [6.45, 7) is 4.73. The third-order valence-electron chi connectivity index (χ3n) is 6.13. The van der Waals surface area contributed by atoms with Gasteiger partial charge in [0.15, 0.2) is 0 Å². The van der Waals surface area contributed by atoms with Crippen LogP contribution in [0.15, 0.2) is 48.5 Å². The first-order chi connectivity index (χ1) is 15.6. The van der Waals surface area contributed by atoms with Crippen LogP contribution in [0, 0.1) is 11.3 Å². The number of rotatable bonds is 5. The lowest BCUT2D eigenvalue weighted by molar-refractivity contribution is -0.128. The fraction of sp³-hybridized carbons (Fsp3) is 0.400. The van der Waals surface area contributed by atoms with E-state index in [1.54, 1.807) is 0 Å². The van der Waals surface area contributed by atoms with E-state index in [1.165, 1.54) is 0 Å². The number of anilines is 1. The fourth-order valence-corrected chi connectivity index (χ4v) is 4.42. The van der Waals surface area contributed by atoms with E-state index in [-0.39, 0.29) is 11.9 Å². The summed E-state index contributed by atoms with van der Waals surface area (Å²) >= 11 is 0. The number of carbonyl (C=O) groups excluding carboxylic acids is 2. The smallest absolute Gasteiger partial charge is 0.317 e. The molecule has 2 aliphatic heterocycles. The lowest BCUT2D eigenvalue weighted by atomic mass is 10.1. The number of carbonyl (C=O) groups is 2. The number of para-hydroxylation sites is 1. The number of hydrogen-bond donors (Lipinski definition) is 1. The lowest BCUT2D eigenvalue weighted by Crippen LogP contribution is -2.41. The van der Waals surface area contributed by atoms with Gasteiger partial charge in [-0.2, -0.15) is 5.26 Å². The molecule has 166 valence electrons. The first kappa shape index (κ1) is 21.7. The Hall–Kier alpha value is -3.53. The average molecular weight is 432 g/mol. The van der Waals surface area contributed by atoms with Gasteiger partial charge in [0.05, 0.1) is 11.3 Å². The minimum Gasteiger partial charge on any atom is -0.369 e. The molecule has 2 aromatic carbocycles. The van der Waals surface area contributed by atoms with Crippen molar-refractivity contribution in [1.82, 2.24) is 15.1 Å². The molecule has 2 aliphatic rings. The number of nitriles is 1. The Balaban J connectivity index is 1.30. The summed E-state index contributed by atoms with van der Waals surface area (Å²) in [4.78, 5) is 30.6. The molecule has 0 radical (unpaired) electrons. The van der Waals surface area contributed by atoms with Crippen LogP contribution in [0.25, 0.3) is 0 Å². The lowest BCUT2D eigenvalue weighted by Gasteiger charge is -2.24. The van der Waals surface area contributed by atoms with Crippen molar-refractivity contribution in [1.29, 1.82) is 5.26 Å². The molecule has 0 atom stereocenters. The van der Waals surface area contributed by atoms with Crippen LogP contribution in [0.1, 0.15) is 36.0 Å². The summed E-state index contributed by atoms with van der Waals surface area (Å²) < 4.78 is 0. The molecule has 32 heavy (non-hydrogen) atoms. The topological polar surface area (TPSA) is 79.7 Å². The van der Waals surface area contributed by atoms with E-state index in [0.717, 1.165) is 42.7 Å². The zero-order valence-corrected chi connectivity index (χ0v) is 18.3. The molecule has 2 heterocycles. The Bertz CT molecular complexity index is 1020. The Labute approximate surface area is 189 Å². The Morgan fingerprint density at radius 1 is 0.969 bits per heavy atom. The predicted molar refractivity (Wildman–Crippen MR) is 123 cm³/mol. The van der Waals surface area contributed by atoms with E-state index in [9.17, 15) is 14.9 Å². The van der Waals surface area contributed by atoms with Gasteiger partial charge < -0.3 is 20.0 Å². The van der Waals surface area contributed by atoms with Crippen LogP contribution >= 0.6 is 0 Å². The van der Waals surface area contributed by atoms with E-state index >= 15 is 0 Å². The number of hydrogen-bond acceptors (Lipinski definition) is 4. The fourth-order valence-electron chi connectivity index (χ4n) is 4.42. The van der Waals surface area contributed by atoms with Gasteiger partial charge in [-0.05, 0) is 36.1 Å². The second kappa shape index (κ2) is 10.2. The van der Waals surface area contributed by atoms with Crippen LogP contribution in [0.3, 0.4) is 0 Å². The molecule has 4 rings (SSSR count). The van der Waals surface area contributed by atoms with Gasteiger partial charge in [0.1, 0.15) is 6.07 Å². The Morgan fingerprint density at radius 2 is 1.81 bits per heavy atom. The number of amides is 3. The molecule has 0 aliphatic carbocycles. The molecule has 7 nitrogen and oxygen atoms in total. The van der Waals surface area contributed by atoms with Crippen LogP contribution in [-0.2, 0) is 17.9 Å². The highest BCUT2D eigenvalue weighted by Crippen LogP contribution is 2.21. The maximum atomic E-state index is 12.8.